The van der Waals surface area contributed by atoms with Gasteiger partial charge in [-0.2, -0.15) is 0 Å². The standard InChI is InChI=1S/C23H33N5S/c1-18-26-22(17-29-18)16-27-11-8-19(9-12-27)14-25-23(24-2)28-13-10-21(15-28)20-6-4-3-5-7-20/h3-7,17,19,21H,8-16H2,1-2H3,(H,24,25). The first-order chi connectivity index (χ1) is 14.2. The Kier molecular flexibility index (Phi) is 6.82. The number of aryl methyl sites for hydroxylation is 1. The van der Waals surface area contributed by atoms with E-state index in [4.69, 9.17) is 0 Å². The number of hydrogen-bond donors (Lipinski definition) is 1. The molecule has 3 heterocycles. The molecule has 0 aliphatic carbocycles. The monoisotopic (exact) mass is 411 g/mol. The van der Waals surface area contributed by atoms with E-state index < -0.39 is 0 Å². The SMILES string of the molecule is CN=C(NCC1CCN(Cc2csc(C)n2)CC1)N1CCC(c2ccccc2)C1. The Balaban J connectivity index is 1.21. The van der Waals surface area contributed by atoms with Crippen LogP contribution in [0, 0.1) is 12.8 Å². The van der Waals surface area contributed by atoms with Gasteiger partial charge in [0.2, 0.25) is 0 Å². The topological polar surface area (TPSA) is 43.8 Å². The van der Waals surface area contributed by atoms with E-state index in [2.05, 4.69) is 67.7 Å². The predicted octanol–water partition coefficient (Wildman–Crippen LogP) is 3.73. The Labute approximate surface area is 178 Å². The summed E-state index contributed by atoms with van der Waals surface area (Å²) in [6.45, 7) is 8.60. The van der Waals surface area contributed by atoms with E-state index >= 15 is 0 Å². The summed E-state index contributed by atoms with van der Waals surface area (Å²) in [5.74, 6) is 2.42. The largest absolute Gasteiger partial charge is 0.356 e. The molecule has 0 saturated carbocycles. The molecule has 1 unspecified atom stereocenters. The van der Waals surface area contributed by atoms with Crippen LogP contribution in [-0.4, -0.2) is 60.5 Å². The third-order valence-electron chi connectivity index (χ3n) is 6.28. The van der Waals surface area contributed by atoms with Crippen LogP contribution >= 0.6 is 11.3 Å². The number of piperidine rings is 1. The quantitative estimate of drug-likeness (QED) is 0.601. The number of nitrogens with one attached hydrogen (secondary N) is 1. The molecule has 0 bridgehead atoms. The van der Waals surface area contributed by atoms with E-state index in [0.717, 1.165) is 38.1 Å². The summed E-state index contributed by atoms with van der Waals surface area (Å²) in [6, 6.07) is 10.9. The molecule has 1 atom stereocenters. The number of nitrogens with zero attached hydrogens (tertiary/aromatic N) is 4. The predicted molar refractivity (Wildman–Crippen MR) is 122 cm³/mol. The molecule has 2 aliphatic rings. The van der Waals surface area contributed by atoms with E-state index in [-0.39, 0.29) is 0 Å². The fraction of sp³-hybridized carbons (Fsp3) is 0.565. The van der Waals surface area contributed by atoms with E-state index in [1.807, 2.05) is 7.05 Å². The summed E-state index contributed by atoms with van der Waals surface area (Å²) in [6.07, 6.45) is 3.71. The second-order valence-corrected chi connectivity index (χ2v) is 9.41. The average molecular weight is 412 g/mol. The molecular formula is C23H33N5S. The molecule has 2 saturated heterocycles. The molecule has 2 aromatic rings. The van der Waals surface area contributed by atoms with Crippen molar-refractivity contribution in [2.24, 2.45) is 10.9 Å². The van der Waals surface area contributed by atoms with Gasteiger partial charge in [-0.25, -0.2) is 4.98 Å². The molecule has 1 N–H and O–H groups in total. The number of likely N-dealkylation sites (tertiary alicyclic amines) is 2. The molecule has 0 radical (unpaired) electrons. The zero-order valence-corrected chi connectivity index (χ0v) is 18.5. The Morgan fingerprint density at radius 3 is 2.66 bits per heavy atom. The Hall–Kier alpha value is -1.92. The lowest BCUT2D eigenvalue weighted by atomic mass is 9.97. The fourth-order valence-electron chi connectivity index (χ4n) is 4.58. The summed E-state index contributed by atoms with van der Waals surface area (Å²) in [4.78, 5) is 14.2. The van der Waals surface area contributed by atoms with Crippen molar-refractivity contribution in [3.63, 3.8) is 0 Å². The number of benzene rings is 1. The van der Waals surface area contributed by atoms with Gasteiger partial charge in [-0.05, 0) is 50.8 Å². The normalized spacial score (nSPS) is 21.7. The first kappa shape index (κ1) is 20.4. The van der Waals surface area contributed by atoms with Gasteiger partial charge >= 0.3 is 0 Å². The second-order valence-electron chi connectivity index (χ2n) is 8.35. The van der Waals surface area contributed by atoms with Crippen molar-refractivity contribution in [3.8, 4) is 0 Å². The fourth-order valence-corrected chi connectivity index (χ4v) is 5.18. The molecule has 5 nitrogen and oxygen atoms in total. The summed E-state index contributed by atoms with van der Waals surface area (Å²) in [5, 5.41) is 7.04. The Morgan fingerprint density at radius 2 is 1.97 bits per heavy atom. The average Bonchev–Trinajstić information content (AvgIpc) is 3.40. The highest BCUT2D eigenvalue weighted by Crippen LogP contribution is 2.27. The van der Waals surface area contributed by atoms with Gasteiger partial charge < -0.3 is 10.2 Å². The zero-order chi connectivity index (χ0) is 20.1. The minimum absolute atomic E-state index is 0.618. The smallest absolute Gasteiger partial charge is 0.193 e. The molecule has 1 aromatic heterocycles. The van der Waals surface area contributed by atoms with Crippen molar-refractivity contribution in [1.29, 1.82) is 0 Å². The second kappa shape index (κ2) is 9.72. The first-order valence-corrected chi connectivity index (χ1v) is 11.7. The highest BCUT2D eigenvalue weighted by atomic mass is 32.1. The van der Waals surface area contributed by atoms with Gasteiger partial charge in [0.15, 0.2) is 5.96 Å². The molecule has 1 aromatic carbocycles. The maximum absolute atomic E-state index is 4.61. The van der Waals surface area contributed by atoms with Gasteiger partial charge in [0.25, 0.3) is 0 Å². The lowest BCUT2D eigenvalue weighted by molar-refractivity contribution is 0.176. The molecule has 6 heteroatoms. The van der Waals surface area contributed by atoms with Crippen LogP contribution in [0.3, 0.4) is 0 Å². The van der Waals surface area contributed by atoms with Gasteiger partial charge in [0.1, 0.15) is 0 Å². The Bertz CT molecular complexity index is 795. The van der Waals surface area contributed by atoms with Gasteiger partial charge in [-0.15, -0.1) is 11.3 Å². The molecular weight excluding hydrogens is 378 g/mol. The number of thiazole rings is 1. The lowest BCUT2D eigenvalue weighted by Crippen LogP contribution is -2.44. The molecule has 2 aliphatic heterocycles. The van der Waals surface area contributed by atoms with Crippen LogP contribution in [0.5, 0.6) is 0 Å². The maximum atomic E-state index is 4.61. The summed E-state index contributed by atoms with van der Waals surface area (Å²) >= 11 is 1.75. The summed E-state index contributed by atoms with van der Waals surface area (Å²) < 4.78 is 0. The van der Waals surface area contributed by atoms with Crippen LogP contribution in [0.25, 0.3) is 0 Å². The van der Waals surface area contributed by atoms with Crippen LogP contribution in [0.1, 0.15) is 41.4 Å². The van der Waals surface area contributed by atoms with E-state index in [1.165, 1.54) is 48.6 Å². The maximum Gasteiger partial charge on any atom is 0.193 e. The number of rotatable bonds is 5. The van der Waals surface area contributed by atoms with E-state index in [0.29, 0.717) is 5.92 Å². The van der Waals surface area contributed by atoms with Gasteiger partial charge in [-0.1, -0.05) is 30.3 Å². The lowest BCUT2D eigenvalue weighted by Gasteiger charge is -2.32. The van der Waals surface area contributed by atoms with Crippen molar-refractivity contribution in [2.45, 2.75) is 38.6 Å². The zero-order valence-electron chi connectivity index (χ0n) is 17.7. The number of guanidine groups is 1. The number of aromatic nitrogens is 1. The van der Waals surface area contributed by atoms with Gasteiger partial charge in [0.05, 0.1) is 10.7 Å². The molecule has 2 fully saturated rings. The third kappa shape index (κ3) is 5.37. The molecule has 29 heavy (non-hydrogen) atoms. The van der Waals surface area contributed by atoms with Crippen molar-refractivity contribution in [3.05, 3.63) is 52.0 Å². The first-order valence-electron chi connectivity index (χ1n) is 10.8. The molecule has 0 amide bonds. The molecule has 156 valence electrons. The highest BCUT2D eigenvalue weighted by Gasteiger charge is 2.27. The van der Waals surface area contributed by atoms with E-state index in [9.17, 15) is 0 Å². The van der Waals surface area contributed by atoms with Gasteiger partial charge in [-0.3, -0.25) is 9.89 Å². The Morgan fingerprint density at radius 1 is 1.17 bits per heavy atom. The van der Waals surface area contributed by atoms with Crippen molar-refractivity contribution in [1.82, 2.24) is 20.1 Å². The minimum Gasteiger partial charge on any atom is -0.356 e. The van der Waals surface area contributed by atoms with Crippen LogP contribution in [0.4, 0.5) is 0 Å². The number of aliphatic imine (C=N–C) groups is 1. The van der Waals surface area contributed by atoms with Gasteiger partial charge in [0, 0.05) is 44.5 Å². The highest BCUT2D eigenvalue weighted by molar-refractivity contribution is 7.09. The van der Waals surface area contributed by atoms with Crippen LogP contribution < -0.4 is 5.32 Å². The minimum atomic E-state index is 0.618. The van der Waals surface area contributed by atoms with Crippen molar-refractivity contribution >= 4 is 17.3 Å². The molecule has 4 rings (SSSR count). The molecule has 0 spiro atoms. The third-order valence-corrected chi connectivity index (χ3v) is 7.10. The van der Waals surface area contributed by atoms with Crippen molar-refractivity contribution in [2.75, 3.05) is 39.8 Å². The van der Waals surface area contributed by atoms with Crippen molar-refractivity contribution < 1.29 is 0 Å². The van der Waals surface area contributed by atoms with E-state index in [1.54, 1.807) is 11.3 Å². The number of hydrogen-bond acceptors (Lipinski definition) is 4. The van der Waals surface area contributed by atoms with Crippen LogP contribution in [-0.2, 0) is 6.54 Å². The van der Waals surface area contributed by atoms with Crippen LogP contribution in [0.2, 0.25) is 0 Å². The van der Waals surface area contributed by atoms with Crippen LogP contribution in [0.15, 0.2) is 40.7 Å². The summed E-state index contributed by atoms with van der Waals surface area (Å²) in [7, 11) is 1.91. The summed E-state index contributed by atoms with van der Waals surface area (Å²) in [5.41, 5.74) is 2.68.